The zero-order valence-electron chi connectivity index (χ0n) is 10.6. The Balaban J connectivity index is 2.38. The van der Waals surface area contributed by atoms with E-state index >= 15 is 0 Å². The lowest BCUT2D eigenvalue weighted by Crippen LogP contribution is -2.37. The molecule has 0 bridgehead atoms. The number of nitrogens with two attached hydrogens (primary N) is 1. The minimum atomic E-state index is -4.65. The summed E-state index contributed by atoms with van der Waals surface area (Å²) in [4.78, 5) is 0. The Labute approximate surface area is 109 Å². The van der Waals surface area contributed by atoms with E-state index in [1.807, 2.05) is 0 Å². The molecule has 0 aromatic heterocycles. The van der Waals surface area contributed by atoms with Crippen LogP contribution in [-0.2, 0) is 11.6 Å². The van der Waals surface area contributed by atoms with Gasteiger partial charge in [-0.15, -0.1) is 0 Å². The van der Waals surface area contributed by atoms with E-state index in [-0.39, 0.29) is 5.41 Å². The molecule has 0 unspecified atom stereocenters. The predicted molar refractivity (Wildman–Crippen MR) is 65.2 cm³/mol. The molecule has 2 rings (SSSR count). The largest absolute Gasteiger partial charge is 0.419 e. The van der Waals surface area contributed by atoms with Gasteiger partial charge in [-0.2, -0.15) is 13.2 Å². The second kappa shape index (κ2) is 5.12. The van der Waals surface area contributed by atoms with Crippen LogP contribution in [0.3, 0.4) is 0 Å². The minimum Gasteiger partial charge on any atom is -0.330 e. The highest BCUT2D eigenvalue weighted by Crippen LogP contribution is 2.40. The summed E-state index contributed by atoms with van der Waals surface area (Å²) < 4.78 is 51.3. The Morgan fingerprint density at radius 3 is 2.21 bits per heavy atom. The van der Waals surface area contributed by atoms with Crippen molar-refractivity contribution in [1.82, 2.24) is 0 Å². The van der Waals surface area contributed by atoms with Crippen LogP contribution in [0.1, 0.15) is 43.2 Å². The maximum Gasteiger partial charge on any atom is 0.419 e. The summed E-state index contributed by atoms with van der Waals surface area (Å²) in [6.45, 7) is 0.345. The number of rotatable bonds is 2. The fourth-order valence-corrected chi connectivity index (χ4v) is 2.91. The molecule has 0 heterocycles. The highest BCUT2D eigenvalue weighted by atomic mass is 19.4. The van der Waals surface area contributed by atoms with Crippen molar-refractivity contribution >= 4 is 0 Å². The molecule has 1 fully saturated rings. The van der Waals surface area contributed by atoms with Gasteiger partial charge in [-0.3, -0.25) is 0 Å². The molecule has 106 valence electrons. The van der Waals surface area contributed by atoms with Gasteiger partial charge in [-0.05, 0) is 30.5 Å². The SMILES string of the molecule is NCC1(c2ccc(C(F)(F)F)c(F)c2)CCCCC1. The molecule has 1 aromatic rings. The second-order valence-corrected chi connectivity index (χ2v) is 5.24. The maximum atomic E-state index is 13.6. The standard InChI is InChI=1S/C14H17F4N/c15-12-8-10(4-5-11(12)14(16,17)18)13(9-19)6-2-1-3-7-13/h4-5,8H,1-3,6-7,9,19H2. The first kappa shape index (κ1) is 14.3. The van der Waals surface area contributed by atoms with Gasteiger partial charge in [0.15, 0.2) is 0 Å². The minimum absolute atomic E-state index is 0.345. The fourth-order valence-electron chi connectivity index (χ4n) is 2.91. The first-order chi connectivity index (χ1) is 8.89. The molecule has 5 heteroatoms. The molecule has 1 aliphatic rings. The summed E-state index contributed by atoms with van der Waals surface area (Å²) in [6, 6.07) is 3.22. The van der Waals surface area contributed by atoms with Crippen molar-refractivity contribution in [2.24, 2.45) is 5.73 Å². The van der Waals surface area contributed by atoms with Crippen LogP contribution in [0.25, 0.3) is 0 Å². The summed E-state index contributed by atoms with van der Waals surface area (Å²) in [7, 11) is 0. The topological polar surface area (TPSA) is 26.0 Å². The molecular formula is C14H17F4N. The number of benzene rings is 1. The third kappa shape index (κ3) is 2.76. The number of hydrogen-bond acceptors (Lipinski definition) is 1. The van der Waals surface area contributed by atoms with E-state index in [0.717, 1.165) is 44.2 Å². The van der Waals surface area contributed by atoms with Gasteiger partial charge in [0.2, 0.25) is 0 Å². The fraction of sp³-hybridized carbons (Fsp3) is 0.571. The zero-order valence-corrected chi connectivity index (χ0v) is 10.6. The van der Waals surface area contributed by atoms with Gasteiger partial charge in [0.25, 0.3) is 0 Å². The summed E-state index contributed by atoms with van der Waals surface area (Å²) in [6.07, 6.45) is 0.0538. The van der Waals surface area contributed by atoms with E-state index < -0.39 is 17.6 Å². The van der Waals surface area contributed by atoms with Crippen molar-refractivity contribution in [2.75, 3.05) is 6.54 Å². The van der Waals surface area contributed by atoms with Gasteiger partial charge in [-0.1, -0.05) is 25.3 Å². The van der Waals surface area contributed by atoms with Crippen molar-refractivity contribution in [3.05, 3.63) is 35.1 Å². The number of hydrogen-bond donors (Lipinski definition) is 1. The molecule has 1 aliphatic carbocycles. The van der Waals surface area contributed by atoms with Crippen molar-refractivity contribution in [3.8, 4) is 0 Å². The monoisotopic (exact) mass is 275 g/mol. The molecule has 0 spiro atoms. The van der Waals surface area contributed by atoms with Gasteiger partial charge < -0.3 is 5.73 Å². The predicted octanol–water partition coefficient (Wildman–Crippen LogP) is 4.01. The molecule has 0 saturated heterocycles. The Kier molecular flexibility index (Phi) is 3.85. The lowest BCUT2D eigenvalue weighted by atomic mass is 9.69. The summed E-state index contributed by atoms with van der Waals surface area (Å²) in [5.74, 6) is -1.21. The quantitative estimate of drug-likeness (QED) is 0.811. The Bertz CT molecular complexity index is 447. The van der Waals surface area contributed by atoms with Gasteiger partial charge in [-0.25, -0.2) is 4.39 Å². The third-order valence-corrected chi connectivity index (χ3v) is 4.09. The van der Waals surface area contributed by atoms with E-state index in [0.29, 0.717) is 12.1 Å². The first-order valence-electron chi connectivity index (χ1n) is 6.46. The van der Waals surface area contributed by atoms with Crippen molar-refractivity contribution < 1.29 is 17.6 Å². The van der Waals surface area contributed by atoms with Crippen LogP contribution in [0, 0.1) is 5.82 Å². The molecule has 0 amide bonds. The lowest BCUT2D eigenvalue weighted by Gasteiger charge is -2.37. The van der Waals surface area contributed by atoms with E-state index in [2.05, 4.69) is 0 Å². The van der Waals surface area contributed by atoms with Crippen LogP contribution in [0.2, 0.25) is 0 Å². The molecule has 1 aromatic carbocycles. The zero-order chi connectivity index (χ0) is 14.1. The van der Waals surface area contributed by atoms with Gasteiger partial charge in [0, 0.05) is 12.0 Å². The molecule has 0 atom stereocenters. The maximum absolute atomic E-state index is 13.6. The highest BCUT2D eigenvalue weighted by molar-refractivity contribution is 5.32. The average Bonchev–Trinajstić information content (AvgIpc) is 2.38. The Morgan fingerprint density at radius 2 is 1.74 bits per heavy atom. The molecule has 2 N–H and O–H groups in total. The Morgan fingerprint density at radius 1 is 1.11 bits per heavy atom. The van der Waals surface area contributed by atoms with E-state index in [1.165, 1.54) is 6.07 Å². The summed E-state index contributed by atoms with van der Waals surface area (Å²) in [5, 5.41) is 0. The van der Waals surface area contributed by atoms with E-state index in [1.54, 1.807) is 0 Å². The summed E-state index contributed by atoms with van der Waals surface area (Å²) in [5.41, 5.74) is 4.83. The Hall–Kier alpha value is -1.10. The highest BCUT2D eigenvalue weighted by Gasteiger charge is 2.37. The van der Waals surface area contributed by atoms with Gasteiger partial charge in [0.1, 0.15) is 5.82 Å². The van der Waals surface area contributed by atoms with Crippen LogP contribution in [0.5, 0.6) is 0 Å². The second-order valence-electron chi connectivity index (χ2n) is 5.24. The van der Waals surface area contributed by atoms with E-state index in [4.69, 9.17) is 5.73 Å². The first-order valence-corrected chi connectivity index (χ1v) is 6.46. The third-order valence-electron chi connectivity index (χ3n) is 4.09. The molecule has 1 nitrogen and oxygen atoms in total. The summed E-state index contributed by atoms with van der Waals surface area (Å²) >= 11 is 0. The van der Waals surface area contributed by atoms with Gasteiger partial charge >= 0.3 is 6.18 Å². The van der Waals surface area contributed by atoms with Crippen LogP contribution < -0.4 is 5.73 Å². The lowest BCUT2D eigenvalue weighted by molar-refractivity contribution is -0.140. The van der Waals surface area contributed by atoms with Crippen LogP contribution in [0.4, 0.5) is 17.6 Å². The van der Waals surface area contributed by atoms with Crippen molar-refractivity contribution in [2.45, 2.75) is 43.7 Å². The molecule has 0 aliphatic heterocycles. The normalized spacial score (nSPS) is 19.4. The van der Waals surface area contributed by atoms with E-state index in [9.17, 15) is 17.6 Å². The van der Waals surface area contributed by atoms with Crippen molar-refractivity contribution in [3.63, 3.8) is 0 Å². The molecular weight excluding hydrogens is 258 g/mol. The molecule has 0 radical (unpaired) electrons. The number of alkyl halides is 3. The number of halogens is 4. The average molecular weight is 275 g/mol. The van der Waals surface area contributed by atoms with Crippen LogP contribution >= 0.6 is 0 Å². The van der Waals surface area contributed by atoms with Crippen LogP contribution in [-0.4, -0.2) is 6.54 Å². The molecule has 1 saturated carbocycles. The smallest absolute Gasteiger partial charge is 0.330 e. The van der Waals surface area contributed by atoms with Gasteiger partial charge in [0.05, 0.1) is 5.56 Å². The molecule has 19 heavy (non-hydrogen) atoms. The van der Waals surface area contributed by atoms with Crippen molar-refractivity contribution in [1.29, 1.82) is 0 Å². The van der Waals surface area contributed by atoms with Crippen LogP contribution in [0.15, 0.2) is 18.2 Å².